The van der Waals surface area contributed by atoms with Crippen molar-refractivity contribution in [3.8, 4) is 0 Å². The molecule has 0 aromatic carbocycles. The van der Waals surface area contributed by atoms with Gasteiger partial charge in [0.1, 0.15) is 0 Å². The molecule has 0 aromatic rings. The van der Waals surface area contributed by atoms with Gasteiger partial charge < -0.3 is 9.84 Å². The van der Waals surface area contributed by atoms with Gasteiger partial charge in [-0.1, -0.05) is 0 Å². The van der Waals surface area contributed by atoms with Crippen LogP contribution < -0.4 is 4.72 Å². The lowest BCUT2D eigenvalue weighted by molar-refractivity contribution is -0.141. The molecule has 0 saturated heterocycles. The fourth-order valence-electron chi connectivity index (χ4n) is 1.82. The Balaban J connectivity index is 2.41. The van der Waals surface area contributed by atoms with Crippen LogP contribution in [0, 0.1) is 5.92 Å². The van der Waals surface area contributed by atoms with Crippen molar-refractivity contribution >= 4 is 16.0 Å². The summed E-state index contributed by atoms with van der Waals surface area (Å²) in [5.41, 5.74) is 0. The number of rotatable bonds is 6. The van der Waals surface area contributed by atoms with Gasteiger partial charge in [-0.15, -0.1) is 0 Å². The molecule has 0 spiro atoms. The molecule has 1 aliphatic rings. The summed E-state index contributed by atoms with van der Waals surface area (Å²) in [5, 5.41) is 8.77. The summed E-state index contributed by atoms with van der Waals surface area (Å²) in [5.74, 6) is -1.36. The zero-order chi connectivity index (χ0) is 12.2. The quantitative estimate of drug-likeness (QED) is 0.682. The zero-order valence-corrected chi connectivity index (χ0v) is 10.00. The number of nitrogens with one attached hydrogen (secondary N) is 1. The molecule has 6 nitrogen and oxygen atoms in total. The minimum absolute atomic E-state index is 0.0856. The summed E-state index contributed by atoms with van der Waals surface area (Å²) >= 11 is 0. The number of aliphatic carboxylic acids is 1. The third kappa shape index (κ3) is 4.07. The van der Waals surface area contributed by atoms with E-state index >= 15 is 0 Å². The standard InChI is InChI=1S/C9H17NO5S/c1-15-4-5-16(13,14)10-8-3-2-7(6-8)9(11)12/h7-8,10H,2-6H2,1H3,(H,11,12)/t7-,8+/m1/s1. The first-order valence-corrected chi connectivity index (χ1v) is 6.81. The lowest BCUT2D eigenvalue weighted by Gasteiger charge is -2.12. The van der Waals surface area contributed by atoms with E-state index < -0.39 is 21.9 Å². The Morgan fingerprint density at radius 3 is 2.69 bits per heavy atom. The molecular weight excluding hydrogens is 234 g/mol. The molecule has 1 aliphatic carbocycles. The van der Waals surface area contributed by atoms with Crippen molar-refractivity contribution in [3.05, 3.63) is 0 Å². The predicted octanol–water partition coefficient (Wildman–Crippen LogP) is -0.194. The first kappa shape index (κ1) is 13.4. The van der Waals surface area contributed by atoms with Crippen LogP contribution >= 0.6 is 0 Å². The van der Waals surface area contributed by atoms with E-state index in [0.29, 0.717) is 19.3 Å². The van der Waals surface area contributed by atoms with E-state index in [-0.39, 0.29) is 18.4 Å². The van der Waals surface area contributed by atoms with E-state index in [1.54, 1.807) is 0 Å². The van der Waals surface area contributed by atoms with Crippen molar-refractivity contribution in [1.29, 1.82) is 0 Å². The van der Waals surface area contributed by atoms with Crippen LogP contribution in [-0.4, -0.2) is 45.0 Å². The van der Waals surface area contributed by atoms with Gasteiger partial charge >= 0.3 is 5.97 Å². The SMILES string of the molecule is COCCS(=O)(=O)N[C@H]1CC[C@@H](C(=O)O)C1. The largest absolute Gasteiger partial charge is 0.481 e. The molecule has 16 heavy (non-hydrogen) atoms. The molecule has 1 saturated carbocycles. The lowest BCUT2D eigenvalue weighted by Crippen LogP contribution is -2.36. The molecule has 0 aromatic heterocycles. The van der Waals surface area contributed by atoms with Crippen LogP contribution in [0.2, 0.25) is 0 Å². The first-order chi connectivity index (χ1) is 7.44. The molecule has 0 amide bonds. The number of carbonyl (C=O) groups is 1. The molecule has 1 rings (SSSR count). The highest BCUT2D eigenvalue weighted by molar-refractivity contribution is 7.89. The van der Waals surface area contributed by atoms with Crippen molar-refractivity contribution in [1.82, 2.24) is 4.72 Å². The van der Waals surface area contributed by atoms with E-state index in [9.17, 15) is 13.2 Å². The third-order valence-electron chi connectivity index (χ3n) is 2.68. The van der Waals surface area contributed by atoms with Gasteiger partial charge in [-0.05, 0) is 19.3 Å². The van der Waals surface area contributed by atoms with Crippen LogP contribution in [-0.2, 0) is 19.6 Å². The van der Waals surface area contributed by atoms with E-state index in [1.165, 1.54) is 7.11 Å². The average Bonchev–Trinajstić information content (AvgIpc) is 2.62. The summed E-state index contributed by atoms with van der Waals surface area (Å²) < 4.78 is 30.2. The van der Waals surface area contributed by atoms with E-state index in [0.717, 1.165) is 0 Å². The summed E-state index contributed by atoms with van der Waals surface area (Å²) in [6.45, 7) is 0.143. The number of ether oxygens (including phenoxy) is 1. The van der Waals surface area contributed by atoms with Gasteiger partial charge in [0.15, 0.2) is 0 Å². The first-order valence-electron chi connectivity index (χ1n) is 5.16. The molecule has 2 N–H and O–H groups in total. The van der Waals surface area contributed by atoms with Crippen LogP contribution in [0.5, 0.6) is 0 Å². The Kier molecular flexibility index (Phi) is 4.69. The summed E-state index contributed by atoms with van der Waals surface area (Å²) in [6.07, 6.45) is 1.50. The topological polar surface area (TPSA) is 92.7 Å². The Morgan fingerprint density at radius 1 is 1.50 bits per heavy atom. The lowest BCUT2D eigenvalue weighted by atomic mass is 10.1. The van der Waals surface area contributed by atoms with E-state index in [2.05, 4.69) is 9.46 Å². The maximum Gasteiger partial charge on any atom is 0.306 e. The third-order valence-corrected chi connectivity index (χ3v) is 4.08. The smallest absolute Gasteiger partial charge is 0.306 e. The molecular formula is C9H17NO5S. The van der Waals surface area contributed by atoms with Crippen LogP contribution in [0.4, 0.5) is 0 Å². The van der Waals surface area contributed by atoms with Crippen LogP contribution in [0.3, 0.4) is 0 Å². The van der Waals surface area contributed by atoms with Crippen LogP contribution in [0.25, 0.3) is 0 Å². The second kappa shape index (κ2) is 5.60. The second-order valence-corrected chi connectivity index (χ2v) is 5.85. The fraction of sp³-hybridized carbons (Fsp3) is 0.889. The van der Waals surface area contributed by atoms with Crippen molar-refractivity contribution in [2.24, 2.45) is 5.92 Å². The number of carboxylic acids is 1. The van der Waals surface area contributed by atoms with Crippen LogP contribution in [0.1, 0.15) is 19.3 Å². The maximum atomic E-state index is 11.5. The molecule has 0 radical (unpaired) electrons. The minimum atomic E-state index is -3.34. The number of hydrogen-bond donors (Lipinski definition) is 2. The number of carboxylic acid groups (broad SMARTS) is 1. The van der Waals surface area contributed by atoms with Crippen molar-refractivity contribution in [2.75, 3.05) is 19.5 Å². The molecule has 94 valence electrons. The van der Waals surface area contributed by atoms with Gasteiger partial charge in [-0.25, -0.2) is 13.1 Å². The van der Waals surface area contributed by atoms with E-state index in [4.69, 9.17) is 5.11 Å². The molecule has 0 heterocycles. The zero-order valence-electron chi connectivity index (χ0n) is 9.18. The average molecular weight is 251 g/mol. The number of hydrogen-bond acceptors (Lipinski definition) is 4. The molecule has 0 bridgehead atoms. The van der Waals surface area contributed by atoms with Gasteiger partial charge in [0.25, 0.3) is 0 Å². The molecule has 0 aliphatic heterocycles. The molecule has 1 fully saturated rings. The Morgan fingerprint density at radius 2 is 2.19 bits per heavy atom. The van der Waals surface area contributed by atoms with Gasteiger partial charge in [-0.3, -0.25) is 4.79 Å². The Bertz CT molecular complexity index is 340. The van der Waals surface area contributed by atoms with Gasteiger partial charge in [0, 0.05) is 13.2 Å². The number of methoxy groups -OCH3 is 1. The van der Waals surface area contributed by atoms with Crippen molar-refractivity contribution < 1.29 is 23.1 Å². The summed E-state index contributed by atoms with van der Waals surface area (Å²) in [6, 6.07) is -0.247. The summed E-state index contributed by atoms with van der Waals surface area (Å²) in [4.78, 5) is 10.7. The predicted molar refractivity (Wildman–Crippen MR) is 57.6 cm³/mol. The van der Waals surface area contributed by atoms with Crippen molar-refractivity contribution in [2.45, 2.75) is 25.3 Å². The number of sulfonamides is 1. The van der Waals surface area contributed by atoms with Gasteiger partial charge in [-0.2, -0.15) is 0 Å². The highest BCUT2D eigenvalue weighted by Crippen LogP contribution is 2.26. The van der Waals surface area contributed by atoms with Crippen LogP contribution in [0.15, 0.2) is 0 Å². The second-order valence-electron chi connectivity index (χ2n) is 3.97. The monoisotopic (exact) mass is 251 g/mol. The Labute approximate surface area is 95.0 Å². The fourth-order valence-corrected chi connectivity index (χ4v) is 3.04. The molecule has 2 atom stereocenters. The van der Waals surface area contributed by atoms with Gasteiger partial charge in [0.2, 0.25) is 10.0 Å². The van der Waals surface area contributed by atoms with Gasteiger partial charge in [0.05, 0.1) is 18.3 Å². The molecule has 0 unspecified atom stereocenters. The Hall–Kier alpha value is -0.660. The van der Waals surface area contributed by atoms with Crippen molar-refractivity contribution in [3.63, 3.8) is 0 Å². The normalized spacial score (nSPS) is 25.8. The minimum Gasteiger partial charge on any atom is -0.481 e. The highest BCUT2D eigenvalue weighted by Gasteiger charge is 2.31. The maximum absolute atomic E-state index is 11.5. The highest BCUT2D eigenvalue weighted by atomic mass is 32.2. The van der Waals surface area contributed by atoms with E-state index in [1.807, 2.05) is 0 Å². The molecule has 7 heteroatoms. The summed E-state index contributed by atoms with van der Waals surface area (Å²) in [7, 11) is -1.91.